The predicted octanol–water partition coefficient (Wildman–Crippen LogP) is 0.464. The number of hydrogen-bond donors (Lipinski definition) is 1. The smallest absolute Gasteiger partial charge is 0.290 e. The van der Waals surface area contributed by atoms with Gasteiger partial charge in [-0.05, 0) is 33.7 Å². The molecule has 0 amide bonds. The fourth-order valence-corrected chi connectivity index (χ4v) is 2.33. The van der Waals surface area contributed by atoms with E-state index in [1.54, 1.807) is 6.92 Å². The van der Waals surface area contributed by atoms with E-state index in [2.05, 4.69) is 17.1 Å². The Morgan fingerprint density at radius 1 is 1.47 bits per heavy atom. The molecule has 1 aliphatic rings. The molecule has 0 atom stereocenters. The number of hydrogen-bond acceptors (Lipinski definition) is 5. The quantitative estimate of drug-likeness (QED) is 0.862. The lowest BCUT2D eigenvalue weighted by atomic mass is 9.90. The molecule has 19 heavy (non-hydrogen) atoms. The molecule has 6 nitrogen and oxygen atoms in total. The van der Waals surface area contributed by atoms with Gasteiger partial charge in [0.15, 0.2) is 0 Å². The first kappa shape index (κ1) is 14.0. The molecule has 2 rings (SSSR count). The summed E-state index contributed by atoms with van der Waals surface area (Å²) in [6.07, 6.45) is 1.98. The lowest BCUT2D eigenvalue weighted by Gasteiger charge is -2.38. The van der Waals surface area contributed by atoms with Crippen molar-refractivity contribution in [3.63, 3.8) is 0 Å². The molecule has 0 aliphatic carbocycles. The minimum atomic E-state index is -0.389. The zero-order valence-corrected chi connectivity index (χ0v) is 11.7. The van der Waals surface area contributed by atoms with Gasteiger partial charge in [-0.15, -0.1) is 4.74 Å². The lowest BCUT2D eigenvalue weighted by molar-refractivity contribution is 0.0666. The normalized spacial score (nSPS) is 19.5. The number of likely N-dealkylation sites (tertiary alicyclic amines) is 1. The van der Waals surface area contributed by atoms with Gasteiger partial charge in [-0.1, -0.05) is 0 Å². The number of rotatable bonds is 3. The largest absolute Gasteiger partial charge is 0.373 e. The molecule has 1 aromatic rings. The van der Waals surface area contributed by atoms with Crippen LogP contribution < -0.4 is 10.9 Å². The van der Waals surface area contributed by atoms with Crippen molar-refractivity contribution >= 4 is 5.91 Å². The molecule has 0 aromatic carbocycles. The molecule has 1 aromatic heterocycles. The molecule has 6 heteroatoms. The molecule has 0 radical (unpaired) electrons. The monoisotopic (exact) mass is 267 g/mol. The average Bonchev–Trinajstić information content (AvgIpc) is 2.72. The zero-order chi connectivity index (χ0) is 14.0. The lowest BCUT2D eigenvalue weighted by Crippen LogP contribution is -2.51. The molecule has 1 saturated heterocycles. The summed E-state index contributed by atoms with van der Waals surface area (Å²) in [4.78, 5) is 25.5. The van der Waals surface area contributed by atoms with E-state index >= 15 is 0 Å². The number of piperidine rings is 1. The van der Waals surface area contributed by atoms with Crippen LogP contribution in [0.25, 0.3) is 0 Å². The van der Waals surface area contributed by atoms with Crippen molar-refractivity contribution in [2.24, 2.45) is 0 Å². The summed E-state index contributed by atoms with van der Waals surface area (Å²) in [5.41, 5.74) is -0.239. The maximum Gasteiger partial charge on any atom is 0.290 e. The molecule has 2 heterocycles. The summed E-state index contributed by atoms with van der Waals surface area (Å²) < 4.78 is 5.94. The van der Waals surface area contributed by atoms with Gasteiger partial charge in [0.05, 0.1) is 6.54 Å². The predicted molar refractivity (Wildman–Crippen MR) is 71.5 cm³/mol. The van der Waals surface area contributed by atoms with Crippen molar-refractivity contribution in [1.29, 1.82) is 0 Å². The maximum atomic E-state index is 12.0. The molecular weight excluding hydrogens is 246 g/mol. The highest BCUT2D eigenvalue weighted by Gasteiger charge is 2.29. The van der Waals surface area contributed by atoms with Crippen LogP contribution in [0, 0.1) is 6.92 Å². The summed E-state index contributed by atoms with van der Waals surface area (Å²) >= 11 is 0. The Labute approximate surface area is 112 Å². The molecule has 0 bridgehead atoms. The first-order valence-corrected chi connectivity index (χ1v) is 6.58. The highest BCUT2D eigenvalue weighted by molar-refractivity contribution is 5.79. The van der Waals surface area contributed by atoms with Gasteiger partial charge >= 0.3 is 0 Å². The summed E-state index contributed by atoms with van der Waals surface area (Å²) in [6.45, 7) is 5.76. The standard InChI is InChI=1S/C13H21N3O3/c1-10-8-11(17)16(19-10)12(18)9-15-6-4-13(2,14-3)5-7-15/h8,14H,4-7,9H2,1-3H3. The Balaban J connectivity index is 1.94. The van der Waals surface area contributed by atoms with Crippen LogP contribution in [0.2, 0.25) is 0 Å². The highest BCUT2D eigenvalue weighted by atomic mass is 16.5. The van der Waals surface area contributed by atoms with E-state index in [1.807, 2.05) is 7.05 Å². The van der Waals surface area contributed by atoms with E-state index in [0.29, 0.717) is 5.76 Å². The summed E-state index contributed by atoms with van der Waals surface area (Å²) in [5, 5.41) is 3.31. The van der Waals surface area contributed by atoms with E-state index in [-0.39, 0.29) is 23.6 Å². The van der Waals surface area contributed by atoms with Crippen LogP contribution in [-0.4, -0.2) is 47.8 Å². The summed E-state index contributed by atoms with van der Waals surface area (Å²) in [6, 6.07) is 1.33. The molecule has 0 saturated carbocycles. The highest BCUT2D eigenvalue weighted by Crippen LogP contribution is 2.20. The fourth-order valence-electron chi connectivity index (χ4n) is 2.33. The number of nitrogens with one attached hydrogen (secondary N) is 1. The van der Waals surface area contributed by atoms with Crippen LogP contribution in [0.15, 0.2) is 15.4 Å². The minimum absolute atomic E-state index is 0.150. The van der Waals surface area contributed by atoms with Crippen molar-refractivity contribution < 1.29 is 9.32 Å². The Morgan fingerprint density at radius 3 is 2.58 bits per heavy atom. The maximum absolute atomic E-state index is 12.0. The van der Waals surface area contributed by atoms with Crippen LogP contribution in [-0.2, 0) is 0 Å². The average molecular weight is 267 g/mol. The number of aromatic nitrogens is 1. The van der Waals surface area contributed by atoms with Crippen molar-refractivity contribution in [1.82, 2.24) is 15.0 Å². The minimum Gasteiger partial charge on any atom is -0.373 e. The first-order chi connectivity index (χ1) is 8.93. The van der Waals surface area contributed by atoms with E-state index in [9.17, 15) is 9.59 Å². The second kappa shape index (κ2) is 5.30. The van der Waals surface area contributed by atoms with Gasteiger partial charge in [0, 0.05) is 24.7 Å². The van der Waals surface area contributed by atoms with E-state index < -0.39 is 0 Å². The van der Waals surface area contributed by atoms with Crippen LogP contribution in [0.4, 0.5) is 0 Å². The Morgan fingerprint density at radius 2 is 2.11 bits per heavy atom. The van der Waals surface area contributed by atoms with E-state index in [4.69, 9.17) is 4.52 Å². The van der Waals surface area contributed by atoms with Gasteiger partial charge in [0.25, 0.3) is 11.5 Å². The van der Waals surface area contributed by atoms with Gasteiger partial charge in [-0.3, -0.25) is 14.5 Å². The van der Waals surface area contributed by atoms with Crippen LogP contribution in [0.3, 0.4) is 0 Å². The first-order valence-electron chi connectivity index (χ1n) is 6.58. The molecule has 0 unspecified atom stereocenters. The topological polar surface area (TPSA) is 67.5 Å². The van der Waals surface area contributed by atoms with Crippen LogP contribution in [0.5, 0.6) is 0 Å². The molecule has 0 spiro atoms. The second-order valence-corrected chi connectivity index (χ2v) is 5.46. The zero-order valence-electron chi connectivity index (χ0n) is 11.7. The van der Waals surface area contributed by atoms with Gasteiger partial charge in [-0.2, -0.15) is 0 Å². The number of carbonyl (C=O) groups excluding carboxylic acids is 1. The van der Waals surface area contributed by atoms with Gasteiger partial charge < -0.3 is 9.84 Å². The molecule has 1 fully saturated rings. The van der Waals surface area contributed by atoms with Gasteiger partial charge in [-0.25, -0.2) is 0 Å². The Kier molecular flexibility index (Phi) is 3.91. The third-order valence-electron chi connectivity index (χ3n) is 3.91. The Bertz CT molecular complexity index is 509. The number of nitrogens with zero attached hydrogens (tertiary/aromatic N) is 2. The van der Waals surface area contributed by atoms with Crippen molar-refractivity contribution in [2.75, 3.05) is 26.7 Å². The molecule has 106 valence electrons. The van der Waals surface area contributed by atoms with Crippen LogP contribution in [0.1, 0.15) is 30.3 Å². The SMILES string of the molecule is CNC1(C)CCN(CC(=O)n2oc(C)cc2=O)CC1. The molecule has 1 N–H and O–H groups in total. The molecular formula is C13H21N3O3. The van der Waals surface area contributed by atoms with Crippen molar-refractivity contribution in [3.8, 4) is 0 Å². The molecule has 1 aliphatic heterocycles. The van der Waals surface area contributed by atoms with Gasteiger partial charge in [0.2, 0.25) is 0 Å². The van der Waals surface area contributed by atoms with Crippen LogP contribution >= 0.6 is 0 Å². The fraction of sp³-hybridized carbons (Fsp3) is 0.692. The Hall–Kier alpha value is -1.40. The van der Waals surface area contributed by atoms with Gasteiger partial charge in [0.1, 0.15) is 5.76 Å². The van der Waals surface area contributed by atoms with Crippen molar-refractivity contribution in [3.05, 3.63) is 22.2 Å². The van der Waals surface area contributed by atoms with E-state index in [1.165, 1.54) is 6.07 Å². The third-order valence-corrected chi connectivity index (χ3v) is 3.91. The summed E-state index contributed by atoms with van der Waals surface area (Å²) in [7, 11) is 1.96. The van der Waals surface area contributed by atoms with E-state index in [0.717, 1.165) is 30.7 Å². The summed E-state index contributed by atoms with van der Waals surface area (Å²) in [5.74, 6) is 0.158. The second-order valence-electron chi connectivity index (χ2n) is 5.46. The number of carbonyl (C=O) groups is 1. The number of aryl methyl sites for hydroxylation is 1. The van der Waals surface area contributed by atoms with Crippen molar-refractivity contribution in [2.45, 2.75) is 32.2 Å². The third kappa shape index (κ3) is 3.13.